The van der Waals surface area contributed by atoms with Crippen LogP contribution < -0.4 is 15.2 Å². The van der Waals surface area contributed by atoms with Gasteiger partial charge in [-0.1, -0.05) is 6.07 Å². The summed E-state index contributed by atoms with van der Waals surface area (Å²) in [5, 5.41) is 2.86. The number of fused-ring (bicyclic) bond motifs is 1. The van der Waals surface area contributed by atoms with Gasteiger partial charge >= 0.3 is 0 Å². The standard InChI is InChI=1S/C19H19N5O2S2/c1-25-12-5-6-14(26-2)15(10-12)28-19-23-16-17(20)21-11-22-18(16)24(19)8-7-13-4-3-9-27-13/h3-6,9-11H,7-8H2,1-2H3,(H2,20,21,22). The van der Waals surface area contributed by atoms with Crippen molar-refractivity contribution in [2.75, 3.05) is 20.0 Å². The van der Waals surface area contributed by atoms with Crippen LogP contribution in [0.25, 0.3) is 11.2 Å². The van der Waals surface area contributed by atoms with Gasteiger partial charge in [-0.15, -0.1) is 11.3 Å². The summed E-state index contributed by atoms with van der Waals surface area (Å²) in [5.41, 5.74) is 7.38. The molecule has 0 saturated heterocycles. The van der Waals surface area contributed by atoms with Gasteiger partial charge in [0, 0.05) is 11.4 Å². The Hall–Kier alpha value is -2.78. The maximum Gasteiger partial charge on any atom is 0.175 e. The molecule has 144 valence electrons. The summed E-state index contributed by atoms with van der Waals surface area (Å²) < 4.78 is 12.9. The maximum absolute atomic E-state index is 6.05. The van der Waals surface area contributed by atoms with Crippen LogP contribution >= 0.6 is 23.1 Å². The number of nitrogens with two attached hydrogens (primary N) is 1. The Morgan fingerprint density at radius 2 is 2.07 bits per heavy atom. The minimum atomic E-state index is 0.374. The molecule has 4 aromatic rings. The fourth-order valence-electron chi connectivity index (χ4n) is 2.85. The van der Waals surface area contributed by atoms with E-state index in [-0.39, 0.29) is 0 Å². The number of methoxy groups -OCH3 is 2. The zero-order valence-corrected chi connectivity index (χ0v) is 17.1. The molecule has 0 aliphatic carbocycles. The molecule has 7 nitrogen and oxygen atoms in total. The molecule has 0 bridgehead atoms. The van der Waals surface area contributed by atoms with Crippen LogP contribution in [0, 0.1) is 0 Å². The molecular formula is C19H19N5O2S2. The Morgan fingerprint density at radius 3 is 2.82 bits per heavy atom. The molecule has 0 atom stereocenters. The molecular weight excluding hydrogens is 394 g/mol. The van der Waals surface area contributed by atoms with Gasteiger partial charge in [-0.3, -0.25) is 0 Å². The summed E-state index contributed by atoms with van der Waals surface area (Å²) in [6, 6.07) is 9.87. The molecule has 0 fully saturated rings. The van der Waals surface area contributed by atoms with E-state index in [1.807, 2.05) is 18.2 Å². The molecule has 2 N–H and O–H groups in total. The minimum Gasteiger partial charge on any atom is -0.497 e. The molecule has 4 rings (SSSR count). The summed E-state index contributed by atoms with van der Waals surface area (Å²) in [5.74, 6) is 1.88. The van der Waals surface area contributed by atoms with Crippen molar-refractivity contribution < 1.29 is 9.47 Å². The lowest BCUT2D eigenvalue weighted by Gasteiger charge is -2.11. The largest absolute Gasteiger partial charge is 0.497 e. The monoisotopic (exact) mass is 413 g/mol. The first-order chi connectivity index (χ1) is 13.7. The fourth-order valence-corrected chi connectivity index (χ4v) is 4.60. The number of anilines is 1. The molecule has 1 aromatic carbocycles. The number of thiophene rings is 1. The van der Waals surface area contributed by atoms with E-state index in [0.29, 0.717) is 11.3 Å². The lowest BCUT2D eigenvalue weighted by Crippen LogP contribution is -2.04. The summed E-state index contributed by atoms with van der Waals surface area (Å²) >= 11 is 3.23. The van der Waals surface area contributed by atoms with Crippen LogP contribution in [0.3, 0.4) is 0 Å². The van der Waals surface area contributed by atoms with E-state index in [0.717, 1.165) is 40.2 Å². The number of hydrogen-bond acceptors (Lipinski definition) is 8. The Kier molecular flexibility index (Phi) is 5.36. The van der Waals surface area contributed by atoms with Gasteiger partial charge in [0.05, 0.1) is 19.1 Å². The lowest BCUT2D eigenvalue weighted by molar-refractivity contribution is 0.394. The van der Waals surface area contributed by atoms with Crippen molar-refractivity contribution in [2.45, 2.75) is 23.0 Å². The van der Waals surface area contributed by atoms with Gasteiger partial charge in [-0.2, -0.15) is 0 Å². The van der Waals surface area contributed by atoms with Gasteiger partial charge in [0.2, 0.25) is 0 Å². The number of imidazole rings is 1. The highest BCUT2D eigenvalue weighted by molar-refractivity contribution is 7.99. The van der Waals surface area contributed by atoms with Crippen LogP contribution in [0.15, 0.2) is 52.1 Å². The molecule has 9 heteroatoms. The molecule has 0 amide bonds. The minimum absolute atomic E-state index is 0.374. The first-order valence-electron chi connectivity index (χ1n) is 8.58. The van der Waals surface area contributed by atoms with E-state index in [9.17, 15) is 0 Å². The number of aryl methyl sites for hydroxylation is 2. The van der Waals surface area contributed by atoms with E-state index in [1.54, 1.807) is 25.6 Å². The van der Waals surface area contributed by atoms with Crippen LogP contribution in [0.4, 0.5) is 5.82 Å². The van der Waals surface area contributed by atoms with E-state index in [1.165, 1.54) is 23.0 Å². The Morgan fingerprint density at radius 1 is 1.18 bits per heavy atom. The average Bonchev–Trinajstić information content (AvgIpc) is 3.35. The van der Waals surface area contributed by atoms with Crippen molar-refractivity contribution in [1.82, 2.24) is 19.5 Å². The van der Waals surface area contributed by atoms with Gasteiger partial charge in [0.15, 0.2) is 22.1 Å². The highest BCUT2D eigenvalue weighted by atomic mass is 32.2. The van der Waals surface area contributed by atoms with Crippen molar-refractivity contribution in [3.63, 3.8) is 0 Å². The molecule has 0 saturated carbocycles. The van der Waals surface area contributed by atoms with E-state index < -0.39 is 0 Å². The highest BCUT2D eigenvalue weighted by Crippen LogP contribution is 2.38. The second kappa shape index (κ2) is 8.07. The predicted octanol–water partition coefficient (Wildman–Crippen LogP) is 3.88. The topological polar surface area (TPSA) is 88.1 Å². The smallest absolute Gasteiger partial charge is 0.175 e. The number of ether oxygens (including phenoxy) is 2. The third-order valence-electron chi connectivity index (χ3n) is 4.26. The zero-order valence-electron chi connectivity index (χ0n) is 15.5. The zero-order chi connectivity index (χ0) is 19.5. The van der Waals surface area contributed by atoms with Crippen LogP contribution in [-0.2, 0) is 13.0 Å². The summed E-state index contributed by atoms with van der Waals surface area (Å²) in [6.07, 6.45) is 2.36. The van der Waals surface area contributed by atoms with Crippen molar-refractivity contribution in [1.29, 1.82) is 0 Å². The highest BCUT2D eigenvalue weighted by Gasteiger charge is 2.18. The van der Waals surface area contributed by atoms with Gasteiger partial charge in [-0.25, -0.2) is 15.0 Å². The second-order valence-corrected chi connectivity index (χ2v) is 7.97. The third kappa shape index (κ3) is 3.63. The number of benzene rings is 1. The van der Waals surface area contributed by atoms with E-state index in [4.69, 9.17) is 20.2 Å². The average molecular weight is 414 g/mol. The van der Waals surface area contributed by atoms with Gasteiger partial charge < -0.3 is 19.8 Å². The van der Waals surface area contributed by atoms with E-state index >= 15 is 0 Å². The number of nitrogen functional groups attached to an aromatic ring is 1. The predicted molar refractivity (Wildman–Crippen MR) is 111 cm³/mol. The van der Waals surface area contributed by atoms with Crippen molar-refractivity contribution in [2.24, 2.45) is 0 Å². The molecule has 0 aliphatic rings. The first kappa shape index (κ1) is 18.6. The Balaban J connectivity index is 1.75. The van der Waals surface area contributed by atoms with Crippen LogP contribution in [0.2, 0.25) is 0 Å². The van der Waals surface area contributed by atoms with Crippen LogP contribution in [0.5, 0.6) is 11.5 Å². The number of nitrogens with zero attached hydrogens (tertiary/aromatic N) is 4. The Bertz CT molecular complexity index is 1100. The fraction of sp³-hybridized carbons (Fsp3) is 0.211. The number of aromatic nitrogens is 4. The van der Waals surface area contributed by atoms with Gasteiger partial charge in [0.25, 0.3) is 0 Å². The van der Waals surface area contributed by atoms with E-state index in [2.05, 4.69) is 32.0 Å². The normalized spacial score (nSPS) is 11.1. The molecule has 0 radical (unpaired) electrons. The number of rotatable bonds is 7. The summed E-state index contributed by atoms with van der Waals surface area (Å²) in [6.45, 7) is 0.738. The molecule has 3 heterocycles. The molecule has 0 unspecified atom stereocenters. The molecule has 0 spiro atoms. The van der Waals surface area contributed by atoms with Crippen molar-refractivity contribution in [3.8, 4) is 11.5 Å². The maximum atomic E-state index is 6.05. The SMILES string of the molecule is COc1ccc(OC)c(Sc2nc3c(N)ncnc3n2CCc2cccs2)c1. The van der Waals surface area contributed by atoms with Crippen LogP contribution in [0.1, 0.15) is 4.88 Å². The van der Waals surface area contributed by atoms with Crippen LogP contribution in [-0.4, -0.2) is 33.7 Å². The summed E-state index contributed by atoms with van der Waals surface area (Å²) in [7, 11) is 3.29. The molecule has 0 aliphatic heterocycles. The second-order valence-electron chi connectivity index (χ2n) is 5.93. The van der Waals surface area contributed by atoms with Gasteiger partial charge in [-0.05, 0) is 47.8 Å². The Labute approximate surface area is 170 Å². The van der Waals surface area contributed by atoms with Crippen molar-refractivity contribution in [3.05, 3.63) is 46.9 Å². The number of hydrogen-bond donors (Lipinski definition) is 1. The quantitative estimate of drug-likeness (QED) is 0.492. The molecule has 28 heavy (non-hydrogen) atoms. The lowest BCUT2D eigenvalue weighted by atomic mass is 10.3. The third-order valence-corrected chi connectivity index (χ3v) is 6.23. The van der Waals surface area contributed by atoms with Crippen molar-refractivity contribution >= 4 is 40.1 Å². The van der Waals surface area contributed by atoms with Gasteiger partial charge in [0.1, 0.15) is 17.8 Å². The summed E-state index contributed by atoms with van der Waals surface area (Å²) in [4.78, 5) is 15.4. The first-order valence-corrected chi connectivity index (χ1v) is 10.3. The molecule has 3 aromatic heterocycles.